The topological polar surface area (TPSA) is 91.4 Å². The number of rotatable bonds is 8. The molecule has 0 radical (unpaired) electrons. The van der Waals surface area contributed by atoms with Gasteiger partial charge >= 0.3 is 0 Å². The third-order valence-corrected chi connectivity index (χ3v) is 5.16. The van der Waals surface area contributed by atoms with E-state index in [0.717, 1.165) is 0 Å². The van der Waals surface area contributed by atoms with Gasteiger partial charge in [0.15, 0.2) is 5.76 Å². The second-order valence-electron chi connectivity index (χ2n) is 6.65. The second kappa shape index (κ2) is 9.76. The number of methoxy groups -OCH3 is 1. The third kappa shape index (κ3) is 5.22. The zero-order valence-corrected chi connectivity index (χ0v) is 18.4. The van der Waals surface area contributed by atoms with Gasteiger partial charge in [0.25, 0.3) is 5.91 Å². The van der Waals surface area contributed by atoms with Crippen molar-refractivity contribution < 1.29 is 18.7 Å². The maximum Gasteiger partial charge on any atom is 0.293 e. The summed E-state index contributed by atoms with van der Waals surface area (Å²) in [5, 5.41) is 7.88. The van der Waals surface area contributed by atoms with Crippen molar-refractivity contribution in [2.24, 2.45) is 0 Å². The number of aromatic nitrogens is 3. The Balaban J connectivity index is 1.35. The molecule has 0 fully saturated rings. The molecular weight excluding hydrogens is 455 g/mol. The fourth-order valence-electron chi connectivity index (χ4n) is 2.86. The van der Waals surface area contributed by atoms with Crippen LogP contribution in [0.1, 0.15) is 21.9 Å². The van der Waals surface area contributed by atoms with Crippen LogP contribution in [0.4, 0.5) is 5.95 Å². The van der Waals surface area contributed by atoms with Gasteiger partial charge in [-0.3, -0.25) is 10.1 Å². The van der Waals surface area contributed by atoms with E-state index in [0.29, 0.717) is 39.4 Å². The van der Waals surface area contributed by atoms with Crippen molar-refractivity contribution in [3.8, 4) is 11.5 Å². The highest BCUT2D eigenvalue weighted by molar-refractivity contribution is 6.35. The first kappa shape index (κ1) is 21.7. The lowest BCUT2D eigenvalue weighted by atomic mass is 10.2. The van der Waals surface area contributed by atoms with Crippen LogP contribution in [-0.2, 0) is 13.2 Å². The normalized spacial score (nSPS) is 10.7. The fourth-order valence-corrected chi connectivity index (χ4v) is 3.38. The number of nitrogens with zero attached hydrogens (tertiary/aromatic N) is 3. The van der Waals surface area contributed by atoms with E-state index in [4.69, 9.17) is 37.1 Å². The first-order valence-corrected chi connectivity index (χ1v) is 10.3. The van der Waals surface area contributed by atoms with Crippen LogP contribution in [0.25, 0.3) is 0 Å². The average Bonchev–Trinajstić information content (AvgIpc) is 3.45. The molecule has 1 amide bonds. The van der Waals surface area contributed by atoms with Crippen molar-refractivity contribution in [2.75, 3.05) is 12.4 Å². The Kier molecular flexibility index (Phi) is 6.63. The first-order valence-electron chi connectivity index (χ1n) is 9.51. The highest BCUT2D eigenvalue weighted by Gasteiger charge is 2.15. The largest absolute Gasteiger partial charge is 0.497 e. The minimum Gasteiger partial charge on any atom is -0.497 e. The molecule has 4 rings (SSSR count). The number of ether oxygens (including phenoxy) is 2. The Morgan fingerprint density at radius 3 is 2.62 bits per heavy atom. The Morgan fingerprint density at radius 2 is 1.84 bits per heavy atom. The number of hydrogen-bond acceptors (Lipinski definition) is 6. The van der Waals surface area contributed by atoms with Crippen molar-refractivity contribution in [2.45, 2.75) is 13.2 Å². The minimum atomic E-state index is -0.480. The molecule has 0 aliphatic rings. The monoisotopic (exact) mass is 472 g/mol. The Morgan fingerprint density at radius 1 is 1.09 bits per heavy atom. The molecule has 0 unspecified atom stereocenters. The fraction of sp³-hybridized carbons (Fsp3) is 0.136. The van der Waals surface area contributed by atoms with Gasteiger partial charge in [0.1, 0.15) is 30.2 Å². The van der Waals surface area contributed by atoms with Gasteiger partial charge in [-0.25, -0.2) is 9.67 Å². The van der Waals surface area contributed by atoms with Crippen LogP contribution < -0.4 is 14.8 Å². The van der Waals surface area contributed by atoms with Crippen LogP contribution in [0, 0.1) is 0 Å². The van der Waals surface area contributed by atoms with E-state index < -0.39 is 5.91 Å². The van der Waals surface area contributed by atoms with E-state index in [1.54, 1.807) is 49.6 Å². The van der Waals surface area contributed by atoms with Crippen LogP contribution in [0.3, 0.4) is 0 Å². The van der Waals surface area contributed by atoms with Gasteiger partial charge in [-0.1, -0.05) is 35.3 Å². The molecule has 1 N–H and O–H groups in total. The minimum absolute atomic E-state index is 0.111. The highest BCUT2D eigenvalue weighted by Crippen LogP contribution is 2.25. The van der Waals surface area contributed by atoms with E-state index in [9.17, 15) is 4.79 Å². The van der Waals surface area contributed by atoms with Crippen LogP contribution in [0.5, 0.6) is 11.5 Å². The SMILES string of the molecule is COc1cccc(OCc2ccc(C(=O)Nc3ncn(Cc4c(Cl)cccc4Cl)n3)o2)c1. The van der Waals surface area contributed by atoms with Crippen molar-refractivity contribution in [3.63, 3.8) is 0 Å². The molecule has 0 saturated heterocycles. The van der Waals surface area contributed by atoms with E-state index in [1.165, 1.54) is 11.0 Å². The summed E-state index contributed by atoms with van der Waals surface area (Å²) in [5.41, 5.74) is 0.713. The summed E-state index contributed by atoms with van der Waals surface area (Å²) in [5.74, 6) is 1.56. The molecule has 10 heteroatoms. The molecule has 0 aliphatic heterocycles. The Bertz CT molecular complexity index is 1220. The summed E-state index contributed by atoms with van der Waals surface area (Å²) in [6.45, 7) is 0.472. The summed E-state index contributed by atoms with van der Waals surface area (Å²) < 4.78 is 17.9. The van der Waals surface area contributed by atoms with Gasteiger partial charge in [-0.2, -0.15) is 0 Å². The number of carbonyl (C=O) groups excluding carboxylic acids is 1. The van der Waals surface area contributed by atoms with E-state index in [1.807, 2.05) is 12.1 Å². The number of benzene rings is 2. The molecule has 2 aromatic carbocycles. The predicted molar refractivity (Wildman–Crippen MR) is 120 cm³/mol. The van der Waals surface area contributed by atoms with Crippen molar-refractivity contribution in [1.29, 1.82) is 0 Å². The third-order valence-electron chi connectivity index (χ3n) is 4.45. The quantitative estimate of drug-likeness (QED) is 0.385. The van der Waals surface area contributed by atoms with Crippen LogP contribution in [0.15, 0.2) is 65.3 Å². The average molecular weight is 473 g/mol. The van der Waals surface area contributed by atoms with Gasteiger partial charge in [0.2, 0.25) is 5.95 Å². The summed E-state index contributed by atoms with van der Waals surface area (Å²) in [6, 6.07) is 15.7. The van der Waals surface area contributed by atoms with Crippen molar-refractivity contribution in [1.82, 2.24) is 14.8 Å². The van der Waals surface area contributed by atoms with Crippen molar-refractivity contribution >= 4 is 35.1 Å². The van der Waals surface area contributed by atoms with E-state index in [2.05, 4.69) is 15.4 Å². The highest BCUT2D eigenvalue weighted by atomic mass is 35.5. The molecule has 32 heavy (non-hydrogen) atoms. The van der Waals surface area contributed by atoms with Gasteiger partial charge in [0.05, 0.1) is 13.7 Å². The molecular formula is C22H18Cl2N4O4. The summed E-state index contributed by atoms with van der Waals surface area (Å²) in [7, 11) is 1.58. The van der Waals surface area contributed by atoms with Crippen LogP contribution >= 0.6 is 23.2 Å². The Labute approximate surface area is 193 Å². The van der Waals surface area contributed by atoms with Gasteiger partial charge in [-0.15, -0.1) is 5.10 Å². The molecule has 8 nitrogen and oxygen atoms in total. The van der Waals surface area contributed by atoms with Crippen LogP contribution in [-0.4, -0.2) is 27.8 Å². The van der Waals surface area contributed by atoms with E-state index >= 15 is 0 Å². The lowest BCUT2D eigenvalue weighted by molar-refractivity contribution is 0.0991. The van der Waals surface area contributed by atoms with Crippen LogP contribution in [0.2, 0.25) is 10.0 Å². The molecule has 0 aliphatic carbocycles. The van der Waals surface area contributed by atoms with Gasteiger partial charge in [0, 0.05) is 21.7 Å². The zero-order chi connectivity index (χ0) is 22.5. The van der Waals surface area contributed by atoms with Gasteiger partial charge < -0.3 is 13.9 Å². The lowest BCUT2D eigenvalue weighted by Gasteiger charge is -2.06. The number of nitrogens with one attached hydrogen (secondary N) is 1. The molecule has 0 saturated carbocycles. The molecule has 0 spiro atoms. The lowest BCUT2D eigenvalue weighted by Crippen LogP contribution is -2.12. The number of hydrogen-bond donors (Lipinski definition) is 1. The summed E-state index contributed by atoms with van der Waals surface area (Å²) in [6.07, 6.45) is 1.48. The number of furan rings is 1. The number of amides is 1. The number of anilines is 1. The molecule has 2 aromatic heterocycles. The molecule has 0 atom stereocenters. The standard InChI is InChI=1S/C22H18Cl2N4O4/c1-30-14-4-2-5-15(10-14)31-12-16-8-9-20(32-16)21(29)26-22-25-13-28(27-22)11-17-18(23)6-3-7-19(17)24/h2-10,13H,11-12H2,1H3,(H,26,27,29). The maximum atomic E-state index is 12.5. The van der Waals surface area contributed by atoms with E-state index in [-0.39, 0.29) is 18.3 Å². The molecule has 2 heterocycles. The molecule has 4 aromatic rings. The number of halogens is 2. The van der Waals surface area contributed by atoms with Crippen molar-refractivity contribution in [3.05, 3.63) is 88.1 Å². The smallest absolute Gasteiger partial charge is 0.293 e. The Hall–Kier alpha value is -3.49. The first-order chi connectivity index (χ1) is 15.5. The molecule has 0 bridgehead atoms. The zero-order valence-electron chi connectivity index (χ0n) is 16.9. The molecule has 164 valence electrons. The van der Waals surface area contributed by atoms with Gasteiger partial charge in [-0.05, 0) is 36.4 Å². The summed E-state index contributed by atoms with van der Waals surface area (Å²) >= 11 is 12.4. The predicted octanol–water partition coefficient (Wildman–Crippen LogP) is 5.07. The summed E-state index contributed by atoms with van der Waals surface area (Å²) in [4.78, 5) is 16.6. The maximum absolute atomic E-state index is 12.5. The number of carbonyl (C=O) groups is 1. The second-order valence-corrected chi connectivity index (χ2v) is 7.47.